The highest BCUT2D eigenvalue weighted by Gasteiger charge is 2.17. The molecule has 0 fully saturated rings. The summed E-state index contributed by atoms with van der Waals surface area (Å²) in [5, 5.41) is 3.01. The number of benzene rings is 2. The van der Waals surface area contributed by atoms with E-state index in [1.807, 2.05) is 53.2 Å². The Morgan fingerprint density at radius 1 is 1.12 bits per heavy atom. The predicted molar refractivity (Wildman–Crippen MR) is 94.5 cm³/mol. The maximum atomic E-state index is 12.4. The average Bonchev–Trinajstić information content (AvgIpc) is 3.14. The summed E-state index contributed by atoms with van der Waals surface area (Å²) in [5.74, 6) is 0.0260. The summed E-state index contributed by atoms with van der Waals surface area (Å²) in [7, 11) is 0. The molecule has 24 heavy (non-hydrogen) atoms. The van der Waals surface area contributed by atoms with Gasteiger partial charge in [-0.15, -0.1) is 0 Å². The molecule has 1 aromatic heterocycles. The van der Waals surface area contributed by atoms with Crippen LogP contribution in [0.25, 0.3) is 0 Å². The fraction of sp³-hybridized carbons (Fsp3) is 0.200. The summed E-state index contributed by atoms with van der Waals surface area (Å²) in [6, 6.07) is 18.2. The largest absolute Gasteiger partial charge is 0.352 e. The van der Waals surface area contributed by atoms with E-state index in [9.17, 15) is 4.79 Å². The molecule has 1 amide bonds. The van der Waals surface area contributed by atoms with Crippen molar-refractivity contribution >= 4 is 5.91 Å². The van der Waals surface area contributed by atoms with Gasteiger partial charge in [0.1, 0.15) is 0 Å². The molecule has 4 nitrogen and oxygen atoms in total. The molecule has 0 aliphatic carbocycles. The lowest BCUT2D eigenvalue weighted by molar-refractivity contribution is -0.121. The van der Waals surface area contributed by atoms with Gasteiger partial charge in [0.15, 0.2) is 0 Å². The molecule has 0 bridgehead atoms. The molecule has 1 atom stereocenters. The van der Waals surface area contributed by atoms with Crippen LogP contribution in [0.5, 0.6) is 0 Å². The van der Waals surface area contributed by atoms with Crippen LogP contribution < -0.4 is 5.32 Å². The Hall–Kier alpha value is -2.88. The Labute approximate surface area is 142 Å². The number of nitrogens with zero attached hydrogens (tertiary/aromatic N) is 2. The van der Waals surface area contributed by atoms with Crippen molar-refractivity contribution in [3.8, 4) is 0 Å². The number of hydrogen-bond acceptors (Lipinski definition) is 2. The fourth-order valence-corrected chi connectivity index (χ4v) is 2.68. The first-order valence-electron chi connectivity index (χ1n) is 8.07. The van der Waals surface area contributed by atoms with E-state index in [4.69, 9.17) is 0 Å². The van der Waals surface area contributed by atoms with Gasteiger partial charge in [0, 0.05) is 18.9 Å². The second kappa shape index (κ2) is 7.59. The molecular formula is C20H21N3O. The Kier molecular flexibility index (Phi) is 5.06. The molecule has 0 spiro atoms. The highest BCUT2D eigenvalue weighted by molar-refractivity contribution is 5.76. The molecule has 4 heteroatoms. The SMILES string of the molecule is Cc1ccc(CNC(=O)CC(c2ccccc2)n2ccnc2)cc1. The molecule has 122 valence electrons. The standard InChI is InChI=1S/C20H21N3O/c1-16-7-9-17(10-8-16)14-22-20(24)13-19(23-12-11-21-15-23)18-5-3-2-4-6-18/h2-12,15,19H,13-14H2,1H3,(H,22,24). The third kappa shape index (κ3) is 4.10. The van der Waals surface area contributed by atoms with E-state index in [1.54, 1.807) is 12.5 Å². The van der Waals surface area contributed by atoms with Crippen molar-refractivity contribution < 1.29 is 4.79 Å². The van der Waals surface area contributed by atoms with Crippen LogP contribution in [0.1, 0.15) is 29.2 Å². The third-order valence-electron chi connectivity index (χ3n) is 4.06. The lowest BCUT2D eigenvalue weighted by Crippen LogP contribution is -2.26. The Morgan fingerprint density at radius 2 is 1.88 bits per heavy atom. The third-order valence-corrected chi connectivity index (χ3v) is 4.06. The lowest BCUT2D eigenvalue weighted by atomic mass is 10.0. The van der Waals surface area contributed by atoms with E-state index in [-0.39, 0.29) is 11.9 Å². The number of rotatable bonds is 6. The van der Waals surface area contributed by atoms with Crippen molar-refractivity contribution in [2.45, 2.75) is 25.9 Å². The van der Waals surface area contributed by atoms with Gasteiger partial charge in [0.25, 0.3) is 0 Å². The molecule has 1 heterocycles. The average molecular weight is 319 g/mol. The lowest BCUT2D eigenvalue weighted by Gasteiger charge is -2.18. The van der Waals surface area contributed by atoms with E-state index in [0.717, 1.165) is 11.1 Å². The topological polar surface area (TPSA) is 46.9 Å². The van der Waals surface area contributed by atoms with E-state index in [1.165, 1.54) is 5.56 Å². The van der Waals surface area contributed by atoms with Crippen LogP contribution in [0.15, 0.2) is 73.3 Å². The quantitative estimate of drug-likeness (QED) is 0.756. The molecule has 2 aromatic carbocycles. The fourth-order valence-electron chi connectivity index (χ4n) is 2.68. The summed E-state index contributed by atoms with van der Waals surface area (Å²) in [6.07, 6.45) is 5.77. The maximum absolute atomic E-state index is 12.4. The van der Waals surface area contributed by atoms with Gasteiger partial charge < -0.3 is 9.88 Å². The van der Waals surface area contributed by atoms with E-state index in [2.05, 4.69) is 29.4 Å². The van der Waals surface area contributed by atoms with Gasteiger partial charge in [-0.25, -0.2) is 4.98 Å². The predicted octanol–water partition coefficient (Wildman–Crippen LogP) is 3.49. The second-order valence-corrected chi connectivity index (χ2v) is 5.90. The Bertz CT molecular complexity index is 764. The monoisotopic (exact) mass is 319 g/mol. The van der Waals surface area contributed by atoms with Crippen molar-refractivity contribution in [3.05, 3.63) is 90.0 Å². The first-order chi connectivity index (χ1) is 11.7. The van der Waals surface area contributed by atoms with Gasteiger partial charge in [0.2, 0.25) is 5.91 Å². The number of imidazole rings is 1. The first-order valence-corrected chi connectivity index (χ1v) is 8.07. The van der Waals surface area contributed by atoms with Crippen molar-refractivity contribution in [2.75, 3.05) is 0 Å². The van der Waals surface area contributed by atoms with Gasteiger partial charge in [0.05, 0.1) is 18.8 Å². The molecule has 3 rings (SSSR count). The van der Waals surface area contributed by atoms with Gasteiger partial charge in [-0.2, -0.15) is 0 Å². The van der Waals surface area contributed by atoms with Gasteiger partial charge in [-0.3, -0.25) is 4.79 Å². The number of nitrogens with one attached hydrogen (secondary N) is 1. The van der Waals surface area contributed by atoms with Gasteiger partial charge in [-0.1, -0.05) is 60.2 Å². The number of aromatic nitrogens is 2. The van der Waals surface area contributed by atoms with Crippen molar-refractivity contribution in [2.24, 2.45) is 0 Å². The summed E-state index contributed by atoms with van der Waals surface area (Å²) in [5.41, 5.74) is 3.42. The summed E-state index contributed by atoms with van der Waals surface area (Å²) in [4.78, 5) is 16.5. The molecule has 3 aromatic rings. The number of carbonyl (C=O) groups excluding carboxylic acids is 1. The highest BCUT2D eigenvalue weighted by atomic mass is 16.1. The van der Waals surface area contributed by atoms with E-state index in [0.29, 0.717) is 13.0 Å². The molecule has 1 unspecified atom stereocenters. The Balaban J connectivity index is 1.66. The highest BCUT2D eigenvalue weighted by Crippen LogP contribution is 2.21. The first kappa shape index (κ1) is 16.0. The zero-order chi connectivity index (χ0) is 16.8. The van der Waals surface area contributed by atoms with Gasteiger partial charge in [-0.05, 0) is 18.1 Å². The zero-order valence-corrected chi connectivity index (χ0v) is 13.7. The molecular weight excluding hydrogens is 298 g/mol. The molecule has 0 saturated heterocycles. The minimum absolute atomic E-state index is 0.0260. The van der Waals surface area contributed by atoms with Crippen molar-refractivity contribution in [3.63, 3.8) is 0 Å². The van der Waals surface area contributed by atoms with Crippen LogP contribution in [0.3, 0.4) is 0 Å². The summed E-state index contributed by atoms with van der Waals surface area (Å²) in [6.45, 7) is 2.60. The van der Waals surface area contributed by atoms with Crippen LogP contribution in [-0.2, 0) is 11.3 Å². The smallest absolute Gasteiger partial charge is 0.222 e. The molecule has 0 aliphatic rings. The van der Waals surface area contributed by atoms with Crippen LogP contribution in [0.2, 0.25) is 0 Å². The molecule has 1 N–H and O–H groups in total. The summed E-state index contributed by atoms with van der Waals surface area (Å²) >= 11 is 0. The van der Waals surface area contributed by atoms with Crippen molar-refractivity contribution in [1.82, 2.24) is 14.9 Å². The summed E-state index contributed by atoms with van der Waals surface area (Å²) < 4.78 is 1.97. The van der Waals surface area contributed by atoms with Gasteiger partial charge >= 0.3 is 0 Å². The maximum Gasteiger partial charge on any atom is 0.222 e. The molecule has 0 saturated carbocycles. The normalized spacial score (nSPS) is 11.9. The minimum Gasteiger partial charge on any atom is -0.352 e. The number of aryl methyl sites for hydroxylation is 1. The van der Waals surface area contributed by atoms with E-state index >= 15 is 0 Å². The minimum atomic E-state index is -0.0493. The molecule has 0 aliphatic heterocycles. The van der Waals surface area contributed by atoms with Crippen LogP contribution in [0.4, 0.5) is 0 Å². The number of amides is 1. The second-order valence-electron chi connectivity index (χ2n) is 5.90. The Morgan fingerprint density at radius 3 is 2.54 bits per heavy atom. The molecule has 0 radical (unpaired) electrons. The van der Waals surface area contributed by atoms with Crippen LogP contribution in [0, 0.1) is 6.92 Å². The van der Waals surface area contributed by atoms with Crippen molar-refractivity contribution in [1.29, 1.82) is 0 Å². The van der Waals surface area contributed by atoms with E-state index < -0.39 is 0 Å². The number of hydrogen-bond donors (Lipinski definition) is 1. The van der Waals surface area contributed by atoms with Crippen LogP contribution >= 0.6 is 0 Å². The number of carbonyl (C=O) groups is 1. The van der Waals surface area contributed by atoms with Crippen LogP contribution in [-0.4, -0.2) is 15.5 Å². The zero-order valence-electron chi connectivity index (χ0n) is 13.7.